The van der Waals surface area contributed by atoms with Gasteiger partial charge in [0.2, 0.25) is 15.3 Å². The second kappa shape index (κ2) is 8.26. The number of amidine groups is 1. The highest BCUT2D eigenvalue weighted by atomic mass is 35.5. The Labute approximate surface area is 135 Å². The Hall–Kier alpha value is -1.44. The molecule has 0 aliphatic heterocycles. The molecule has 0 aliphatic carbocycles. The van der Waals surface area contributed by atoms with Crippen molar-refractivity contribution >= 4 is 32.7 Å². The van der Waals surface area contributed by atoms with Gasteiger partial charge in [0.1, 0.15) is 0 Å². The molecule has 0 heterocycles. The van der Waals surface area contributed by atoms with E-state index in [-0.39, 0.29) is 11.3 Å². The summed E-state index contributed by atoms with van der Waals surface area (Å²) >= 11 is 5.48. The first-order valence-corrected chi connectivity index (χ1v) is 8.63. The number of carbonyl (C=O) groups is 1. The summed E-state index contributed by atoms with van der Waals surface area (Å²) < 4.78 is 26.8. The van der Waals surface area contributed by atoms with Gasteiger partial charge in [-0.2, -0.15) is 4.72 Å². The average molecular weight is 346 g/mol. The largest absolute Gasteiger partial charge is 0.388 e. The van der Waals surface area contributed by atoms with Crippen molar-refractivity contribution in [3.8, 4) is 0 Å². The smallest absolute Gasteiger partial charge is 0.241 e. The highest BCUT2D eigenvalue weighted by Gasteiger charge is 2.24. The molecule has 1 rings (SSSR count). The van der Waals surface area contributed by atoms with Gasteiger partial charge in [-0.1, -0.05) is 17.7 Å². The van der Waals surface area contributed by atoms with Crippen LogP contribution in [-0.2, 0) is 14.8 Å². The van der Waals surface area contributed by atoms with E-state index in [0.717, 1.165) is 5.56 Å². The molecule has 1 aromatic carbocycles. The molecule has 3 N–H and O–H groups in total. The number of nitrogens with zero attached hydrogens (tertiary/aromatic N) is 1. The maximum absolute atomic E-state index is 12.2. The SMILES string of the molecule is CC(N)=NCCCC(NS(=O)(=O)c1ccc(C)cc1)C(=O)Cl. The second-order valence-corrected chi connectivity index (χ2v) is 7.04. The fourth-order valence-corrected chi connectivity index (χ4v) is 3.20. The van der Waals surface area contributed by atoms with Gasteiger partial charge in [0.25, 0.3) is 0 Å². The first-order chi connectivity index (χ1) is 10.2. The minimum Gasteiger partial charge on any atom is -0.388 e. The Morgan fingerprint density at radius 1 is 1.36 bits per heavy atom. The van der Waals surface area contributed by atoms with Gasteiger partial charge in [-0.3, -0.25) is 9.79 Å². The zero-order valence-corrected chi connectivity index (χ0v) is 14.1. The molecule has 0 radical (unpaired) electrons. The fourth-order valence-electron chi connectivity index (χ4n) is 1.74. The van der Waals surface area contributed by atoms with Crippen LogP contribution in [0.3, 0.4) is 0 Å². The lowest BCUT2D eigenvalue weighted by atomic mass is 10.2. The first-order valence-electron chi connectivity index (χ1n) is 6.77. The van der Waals surface area contributed by atoms with Crippen LogP contribution in [-0.4, -0.2) is 32.1 Å². The number of halogens is 1. The van der Waals surface area contributed by atoms with Crippen LogP contribution >= 0.6 is 11.6 Å². The summed E-state index contributed by atoms with van der Waals surface area (Å²) in [5.74, 6) is 0.439. The molecule has 0 saturated carbocycles. The van der Waals surface area contributed by atoms with E-state index in [0.29, 0.717) is 18.8 Å². The topological polar surface area (TPSA) is 102 Å². The summed E-state index contributed by atoms with van der Waals surface area (Å²) in [5, 5.41) is -0.746. The third-order valence-corrected chi connectivity index (χ3v) is 4.67. The predicted octanol–water partition coefficient (Wildman–Crippen LogP) is 1.56. The van der Waals surface area contributed by atoms with Crippen molar-refractivity contribution in [1.29, 1.82) is 0 Å². The van der Waals surface area contributed by atoms with Crippen molar-refractivity contribution in [2.24, 2.45) is 10.7 Å². The van der Waals surface area contributed by atoms with Gasteiger partial charge in [0.05, 0.1) is 16.8 Å². The molecule has 0 amide bonds. The van der Waals surface area contributed by atoms with Crippen LogP contribution in [0.5, 0.6) is 0 Å². The molecule has 0 aliphatic rings. The zero-order chi connectivity index (χ0) is 16.8. The summed E-state index contributed by atoms with van der Waals surface area (Å²) in [7, 11) is -3.79. The summed E-state index contributed by atoms with van der Waals surface area (Å²) in [6.07, 6.45) is 0.748. The van der Waals surface area contributed by atoms with Gasteiger partial charge in [0, 0.05) is 6.54 Å². The third-order valence-electron chi connectivity index (χ3n) is 2.91. The van der Waals surface area contributed by atoms with Gasteiger partial charge >= 0.3 is 0 Å². The number of sulfonamides is 1. The number of benzene rings is 1. The highest BCUT2D eigenvalue weighted by Crippen LogP contribution is 2.13. The molecule has 0 bridgehead atoms. The molecular weight excluding hydrogens is 326 g/mol. The maximum Gasteiger partial charge on any atom is 0.241 e. The third kappa shape index (κ3) is 6.13. The monoisotopic (exact) mass is 345 g/mol. The molecule has 8 heteroatoms. The van der Waals surface area contributed by atoms with Crippen molar-refractivity contribution in [2.75, 3.05) is 6.54 Å². The lowest BCUT2D eigenvalue weighted by molar-refractivity contribution is -0.113. The zero-order valence-electron chi connectivity index (χ0n) is 12.5. The summed E-state index contributed by atoms with van der Waals surface area (Å²) in [5.41, 5.74) is 6.35. The van der Waals surface area contributed by atoms with Gasteiger partial charge in [-0.15, -0.1) is 0 Å². The van der Waals surface area contributed by atoms with E-state index in [4.69, 9.17) is 17.3 Å². The molecule has 1 unspecified atom stereocenters. The van der Waals surface area contributed by atoms with E-state index < -0.39 is 21.3 Å². The Bertz CT molecular complexity index is 638. The lowest BCUT2D eigenvalue weighted by Crippen LogP contribution is -2.39. The van der Waals surface area contributed by atoms with Crippen LogP contribution in [0.2, 0.25) is 0 Å². The van der Waals surface area contributed by atoms with Crippen LogP contribution in [0.1, 0.15) is 25.3 Å². The van der Waals surface area contributed by atoms with E-state index in [1.54, 1.807) is 19.1 Å². The highest BCUT2D eigenvalue weighted by molar-refractivity contribution is 7.89. The summed E-state index contributed by atoms with van der Waals surface area (Å²) in [6, 6.07) is 5.35. The van der Waals surface area contributed by atoms with Gasteiger partial charge in [-0.05, 0) is 50.4 Å². The number of rotatable bonds is 8. The van der Waals surface area contributed by atoms with Crippen molar-refractivity contribution in [3.63, 3.8) is 0 Å². The van der Waals surface area contributed by atoms with Crippen molar-refractivity contribution in [1.82, 2.24) is 4.72 Å². The van der Waals surface area contributed by atoms with Gasteiger partial charge in [0.15, 0.2) is 0 Å². The maximum atomic E-state index is 12.2. The summed E-state index contributed by atoms with van der Waals surface area (Å²) in [6.45, 7) is 3.93. The number of nitrogens with one attached hydrogen (secondary N) is 1. The number of nitrogens with two attached hydrogens (primary N) is 1. The molecule has 0 spiro atoms. The standard InChI is InChI=1S/C14H20ClN3O3S/c1-10-5-7-12(8-6-10)22(20,21)18-13(14(15)19)4-3-9-17-11(2)16/h5-8,13,18H,3-4,9H2,1-2H3,(H2,16,17). The number of aryl methyl sites for hydroxylation is 1. The first kappa shape index (κ1) is 18.6. The van der Waals surface area contributed by atoms with E-state index in [1.807, 2.05) is 6.92 Å². The minimum absolute atomic E-state index is 0.0943. The number of carbonyl (C=O) groups excluding carboxylic acids is 1. The van der Waals surface area contributed by atoms with Crippen molar-refractivity contribution in [3.05, 3.63) is 29.8 Å². The van der Waals surface area contributed by atoms with Crippen molar-refractivity contribution in [2.45, 2.75) is 37.6 Å². The molecule has 0 aromatic heterocycles. The molecule has 1 atom stereocenters. The average Bonchev–Trinajstić information content (AvgIpc) is 2.42. The number of hydrogen-bond donors (Lipinski definition) is 2. The van der Waals surface area contributed by atoms with Crippen LogP contribution < -0.4 is 10.5 Å². The number of aliphatic imine (C=N–C) groups is 1. The molecule has 0 fully saturated rings. The Morgan fingerprint density at radius 2 is 1.95 bits per heavy atom. The molecule has 1 aromatic rings. The number of hydrogen-bond acceptors (Lipinski definition) is 4. The quantitative estimate of drug-likeness (QED) is 0.323. The fraction of sp³-hybridized carbons (Fsp3) is 0.429. The lowest BCUT2D eigenvalue weighted by Gasteiger charge is -2.14. The predicted molar refractivity (Wildman–Crippen MR) is 87.5 cm³/mol. The Morgan fingerprint density at radius 3 is 2.45 bits per heavy atom. The van der Waals surface area contributed by atoms with Crippen LogP contribution in [0.4, 0.5) is 0 Å². The molecular formula is C14H20ClN3O3S. The molecule has 6 nitrogen and oxygen atoms in total. The van der Waals surface area contributed by atoms with E-state index in [1.165, 1.54) is 12.1 Å². The normalized spacial score (nSPS) is 13.9. The van der Waals surface area contributed by atoms with Crippen LogP contribution in [0.15, 0.2) is 34.2 Å². The van der Waals surface area contributed by atoms with E-state index >= 15 is 0 Å². The molecule has 0 saturated heterocycles. The molecule has 122 valence electrons. The second-order valence-electron chi connectivity index (χ2n) is 4.96. The van der Waals surface area contributed by atoms with Crippen molar-refractivity contribution < 1.29 is 13.2 Å². The Kier molecular flexibility index (Phi) is 6.99. The van der Waals surface area contributed by atoms with E-state index in [9.17, 15) is 13.2 Å². The molecule has 22 heavy (non-hydrogen) atoms. The van der Waals surface area contributed by atoms with Crippen LogP contribution in [0.25, 0.3) is 0 Å². The Balaban J connectivity index is 2.75. The van der Waals surface area contributed by atoms with Gasteiger partial charge < -0.3 is 5.73 Å². The summed E-state index contributed by atoms with van der Waals surface area (Å²) in [4.78, 5) is 15.5. The van der Waals surface area contributed by atoms with Gasteiger partial charge in [-0.25, -0.2) is 8.42 Å². The van der Waals surface area contributed by atoms with E-state index in [2.05, 4.69) is 9.71 Å². The van der Waals surface area contributed by atoms with Crippen LogP contribution in [0, 0.1) is 6.92 Å². The minimum atomic E-state index is -3.79.